The van der Waals surface area contributed by atoms with Crippen LogP contribution in [-0.4, -0.2) is 42.0 Å². The van der Waals surface area contributed by atoms with Gasteiger partial charge in [0.15, 0.2) is 5.81 Å². The molecule has 2 rings (SSSR count). The summed E-state index contributed by atoms with van der Waals surface area (Å²) in [6, 6.07) is 9.76. The number of amides is 1. The lowest BCUT2D eigenvalue weighted by molar-refractivity contribution is 0.232. The molecule has 1 aromatic rings. The maximum absolute atomic E-state index is 11.7. The zero-order valence-electron chi connectivity index (χ0n) is 9.15. The lowest BCUT2D eigenvalue weighted by atomic mass is 9.69. The molecule has 0 bridgehead atoms. The van der Waals surface area contributed by atoms with Gasteiger partial charge in [-0.1, -0.05) is 35.8 Å². The smallest absolute Gasteiger partial charge is 0.271 e. The molecule has 1 aromatic carbocycles. The topological polar surface area (TPSA) is 83.3 Å². The average molecular weight is 222 g/mol. The van der Waals surface area contributed by atoms with E-state index in [2.05, 4.69) is 0 Å². The zero-order chi connectivity index (χ0) is 9.80. The van der Waals surface area contributed by atoms with Crippen molar-refractivity contribution in [3.8, 4) is 0 Å². The predicted molar refractivity (Wildman–Crippen MR) is 65.3 cm³/mol. The first kappa shape index (κ1) is 14.7. The fourth-order valence-corrected chi connectivity index (χ4v) is 1.72. The number of rotatable bonds is 2. The van der Waals surface area contributed by atoms with E-state index in [1.54, 1.807) is 7.28 Å². The van der Waals surface area contributed by atoms with Gasteiger partial charge in [0.25, 0.3) is 7.28 Å². The highest BCUT2D eigenvalue weighted by Crippen LogP contribution is 2.07. The van der Waals surface area contributed by atoms with Crippen molar-refractivity contribution in [3.63, 3.8) is 0 Å². The lowest BCUT2D eigenvalue weighted by Crippen LogP contribution is -2.36. The van der Waals surface area contributed by atoms with Crippen LogP contribution in [0.15, 0.2) is 30.3 Å². The van der Waals surface area contributed by atoms with Crippen LogP contribution in [0.5, 0.6) is 0 Å². The Morgan fingerprint density at radius 2 is 1.62 bits per heavy atom. The predicted octanol–water partition coefficient (Wildman–Crippen LogP) is -0.418. The van der Waals surface area contributed by atoms with E-state index in [9.17, 15) is 4.79 Å². The molecule has 16 heavy (non-hydrogen) atoms. The molecule has 1 fully saturated rings. The standard InChI is InChI=1S/C11H13BNO.2H2O/c14-11(13-8-4-5-9-13)12-10-6-2-1-3-7-10;;/h1-3,6-7H,4-5,8-9H2;2*1H2. The molecule has 87 valence electrons. The minimum Gasteiger partial charge on any atom is -0.412 e. The van der Waals surface area contributed by atoms with Crippen LogP contribution in [0.2, 0.25) is 0 Å². The third-order valence-electron chi connectivity index (χ3n) is 2.51. The Kier molecular flexibility index (Phi) is 6.45. The number of hydrogen-bond donors (Lipinski definition) is 0. The molecule has 0 aromatic heterocycles. The molecule has 4 N–H and O–H groups in total. The molecule has 0 atom stereocenters. The maximum Gasteiger partial charge on any atom is 0.271 e. The van der Waals surface area contributed by atoms with Crippen LogP contribution in [0.3, 0.4) is 0 Å². The van der Waals surface area contributed by atoms with E-state index < -0.39 is 0 Å². The highest BCUT2D eigenvalue weighted by Gasteiger charge is 2.18. The second kappa shape index (κ2) is 7.03. The summed E-state index contributed by atoms with van der Waals surface area (Å²) in [5.41, 5.74) is 0.990. The van der Waals surface area contributed by atoms with Crippen molar-refractivity contribution in [2.24, 2.45) is 0 Å². The first-order valence-electron chi connectivity index (χ1n) is 5.05. The van der Waals surface area contributed by atoms with Gasteiger partial charge in [0.1, 0.15) is 0 Å². The Hall–Kier alpha value is -1.33. The fraction of sp³-hybridized carbons (Fsp3) is 0.364. The molecule has 0 saturated carbocycles. The minimum atomic E-state index is 0. The Bertz CT molecular complexity index is 312. The molecule has 0 spiro atoms. The molecule has 1 amide bonds. The Labute approximate surface area is 96.1 Å². The van der Waals surface area contributed by atoms with E-state index in [0.29, 0.717) is 0 Å². The van der Waals surface area contributed by atoms with Crippen molar-refractivity contribution in [2.75, 3.05) is 13.1 Å². The van der Waals surface area contributed by atoms with Crippen molar-refractivity contribution in [1.29, 1.82) is 0 Å². The summed E-state index contributed by atoms with van der Waals surface area (Å²) >= 11 is 0. The van der Waals surface area contributed by atoms with Crippen molar-refractivity contribution in [3.05, 3.63) is 30.3 Å². The number of nitrogens with zero attached hydrogens (tertiary/aromatic N) is 1. The van der Waals surface area contributed by atoms with Gasteiger partial charge >= 0.3 is 0 Å². The molecule has 1 aliphatic heterocycles. The van der Waals surface area contributed by atoms with Gasteiger partial charge in [-0.15, -0.1) is 0 Å². The molecular formula is C11H17BNO3. The van der Waals surface area contributed by atoms with E-state index in [-0.39, 0.29) is 16.8 Å². The fourth-order valence-electron chi connectivity index (χ4n) is 1.72. The quantitative estimate of drug-likeness (QED) is 0.625. The van der Waals surface area contributed by atoms with Gasteiger partial charge in [-0.05, 0) is 12.8 Å². The zero-order valence-corrected chi connectivity index (χ0v) is 9.15. The highest BCUT2D eigenvalue weighted by atomic mass is 16.2. The Balaban J connectivity index is 0.00000112. The first-order chi connectivity index (χ1) is 6.86. The molecule has 5 heteroatoms. The second-order valence-electron chi connectivity index (χ2n) is 3.59. The summed E-state index contributed by atoms with van der Waals surface area (Å²) < 4.78 is 0. The van der Waals surface area contributed by atoms with Gasteiger partial charge in [-0.3, -0.25) is 4.79 Å². The van der Waals surface area contributed by atoms with E-state index in [1.807, 2.05) is 35.2 Å². The van der Waals surface area contributed by atoms with Crippen LogP contribution in [0, 0.1) is 0 Å². The SMILES string of the molecule is O.O.O=C([B]c1ccccc1)N1CCCC1. The van der Waals surface area contributed by atoms with Gasteiger partial charge in [-0.2, -0.15) is 0 Å². The van der Waals surface area contributed by atoms with Crippen LogP contribution in [0.4, 0.5) is 4.79 Å². The molecule has 0 unspecified atom stereocenters. The van der Waals surface area contributed by atoms with Crippen LogP contribution >= 0.6 is 0 Å². The van der Waals surface area contributed by atoms with Gasteiger partial charge in [0.2, 0.25) is 0 Å². The monoisotopic (exact) mass is 222 g/mol. The van der Waals surface area contributed by atoms with E-state index in [1.165, 1.54) is 0 Å². The van der Waals surface area contributed by atoms with Crippen LogP contribution in [0.1, 0.15) is 12.8 Å². The third-order valence-corrected chi connectivity index (χ3v) is 2.51. The van der Waals surface area contributed by atoms with E-state index in [4.69, 9.17) is 0 Å². The molecule has 1 heterocycles. The Morgan fingerprint density at radius 3 is 2.19 bits per heavy atom. The van der Waals surface area contributed by atoms with Crippen molar-refractivity contribution >= 4 is 18.5 Å². The van der Waals surface area contributed by atoms with Crippen molar-refractivity contribution < 1.29 is 15.7 Å². The largest absolute Gasteiger partial charge is 0.412 e. The van der Waals surface area contributed by atoms with Gasteiger partial charge < -0.3 is 15.9 Å². The summed E-state index contributed by atoms with van der Waals surface area (Å²) in [5, 5.41) is 0. The minimum absolute atomic E-state index is 0. The summed E-state index contributed by atoms with van der Waals surface area (Å²) in [6.45, 7) is 1.84. The number of carbonyl (C=O) groups excluding carboxylic acids is 1. The number of benzene rings is 1. The average Bonchev–Trinajstić information content (AvgIpc) is 2.72. The number of hydrogen-bond acceptors (Lipinski definition) is 1. The lowest BCUT2D eigenvalue weighted by Gasteiger charge is -2.14. The van der Waals surface area contributed by atoms with Crippen LogP contribution in [0.25, 0.3) is 0 Å². The summed E-state index contributed by atoms with van der Waals surface area (Å²) in [7, 11) is 1.71. The van der Waals surface area contributed by atoms with E-state index in [0.717, 1.165) is 31.4 Å². The van der Waals surface area contributed by atoms with Gasteiger partial charge in [0.05, 0.1) is 0 Å². The molecular weight excluding hydrogens is 205 g/mol. The number of likely N-dealkylation sites (tertiary alicyclic amines) is 1. The highest BCUT2D eigenvalue weighted by molar-refractivity contribution is 6.83. The van der Waals surface area contributed by atoms with Gasteiger partial charge in [0, 0.05) is 13.1 Å². The van der Waals surface area contributed by atoms with Crippen LogP contribution in [-0.2, 0) is 0 Å². The van der Waals surface area contributed by atoms with Gasteiger partial charge in [-0.25, -0.2) is 0 Å². The second-order valence-corrected chi connectivity index (χ2v) is 3.59. The van der Waals surface area contributed by atoms with Crippen molar-refractivity contribution in [2.45, 2.75) is 12.8 Å². The first-order valence-corrected chi connectivity index (χ1v) is 5.05. The number of carbonyl (C=O) groups is 1. The normalized spacial score (nSPS) is 13.6. The molecule has 1 aliphatic rings. The molecule has 0 aliphatic carbocycles. The van der Waals surface area contributed by atoms with E-state index >= 15 is 0 Å². The summed E-state index contributed by atoms with van der Waals surface area (Å²) in [6.07, 6.45) is 2.29. The third kappa shape index (κ3) is 3.68. The molecule has 4 nitrogen and oxygen atoms in total. The molecule has 1 radical (unpaired) electrons. The van der Waals surface area contributed by atoms with Crippen molar-refractivity contribution in [1.82, 2.24) is 4.90 Å². The molecule has 1 saturated heterocycles. The Morgan fingerprint density at radius 1 is 1.06 bits per heavy atom. The summed E-state index contributed by atoms with van der Waals surface area (Å²) in [5.74, 6) is 0.147. The van der Waals surface area contributed by atoms with Crippen LogP contribution < -0.4 is 5.46 Å². The maximum atomic E-state index is 11.7. The summed E-state index contributed by atoms with van der Waals surface area (Å²) in [4.78, 5) is 13.6.